The maximum absolute atomic E-state index is 12.6. The number of aliphatic carboxylic acids is 1. The average molecular weight is 315 g/mol. The summed E-state index contributed by atoms with van der Waals surface area (Å²) in [4.78, 5) is 29.6. The Morgan fingerprint density at radius 2 is 1.90 bits per heavy atom. The number of thioether (sulfide) groups is 1. The van der Waals surface area contributed by atoms with E-state index in [-0.39, 0.29) is 6.03 Å². The van der Waals surface area contributed by atoms with E-state index in [1.54, 1.807) is 11.8 Å². The summed E-state index contributed by atoms with van der Waals surface area (Å²) in [7, 11) is 0. The van der Waals surface area contributed by atoms with E-state index in [9.17, 15) is 14.7 Å². The Morgan fingerprint density at radius 3 is 2.48 bits per heavy atom. The molecule has 0 radical (unpaired) electrons. The molecule has 0 aromatic heterocycles. The van der Waals surface area contributed by atoms with Crippen LogP contribution in [-0.2, 0) is 4.79 Å². The Balaban J connectivity index is 1.93. The summed E-state index contributed by atoms with van der Waals surface area (Å²) >= 11 is 1.60. The maximum atomic E-state index is 12.6. The van der Waals surface area contributed by atoms with Crippen molar-refractivity contribution in [1.29, 1.82) is 0 Å². The molecule has 2 rings (SSSR count). The van der Waals surface area contributed by atoms with Gasteiger partial charge in [0.2, 0.25) is 0 Å². The minimum atomic E-state index is -0.895. The monoisotopic (exact) mass is 315 g/mol. The molecule has 6 nitrogen and oxygen atoms in total. The summed E-state index contributed by atoms with van der Waals surface area (Å²) < 4.78 is 0. The first-order chi connectivity index (χ1) is 10.0. The molecule has 0 spiro atoms. The van der Waals surface area contributed by atoms with E-state index in [4.69, 9.17) is 0 Å². The third-order valence-electron chi connectivity index (χ3n) is 4.46. The highest BCUT2D eigenvalue weighted by Gasteiger charge is 2.35. The van der Waals surface area contributed by atoms with Crippen molar-refractivity contribution in [3.63, 3.8) is 0 Å². The average Bonchev–Trinajstić information content (AvgIpc) is 2.53. The molecule has 120 valence electrons. The number of carbonyl (C=O) groups is 2. The summed E-state index contributed by atoms with van der Waals surface area (Å²) in [6, 6.07) is -0.240. The van der Waals surface area contributed by atoms with Crippen molar-refractivity contribution in [3.8, 4) is 0 Å². The highest BCUT2D eigenvalue weighted by Crippen LogP contribution is 2.19. The number of carbonyl (C=O) groups excluding carboxylic acids is 1. The van der Waals surface area contributed by atoms with Crippen molar-refractivity contribution in [2.45, 2.75) is 32.4 Å². The van der Waals surface area contributed by atoms with Crippen LogP contribution < -0.4 is 0 Å². The van der Waals surface area contributed by atoms with Gasteiger partial charge in [0.25, 0.3) is 0 Å². The standard InChI is InChI=1S/C14H25N3O3S/c1-3-11(2)15-4-6-16(7-5-15)14(20)17-8-9-21-10-12(17)13(18)19/h11-12H,3-10H2,1-2H3,(H,18,19). The topological polar surface area (TPSA) is 64.1 Å². The maximum Gasteiger partial charge on any atom is 0.327 e. The molecule has 1 N–H and O–H groups in total. The van der Waals surface area contributed by atoms with Crippen LogP contribution in [0, 0.1) is 0 Å². The zero-order valence-electron chi connectivity index (χ0n) is 12.8. The molecule has 0 bridgehead atoms. The normalized spacial score (nSPS) is 25.7. The molecule has 0 saturated carbocycles. The number of hydrogen-bond acceptors (Lipinski definition) is 4. The van der Waals surface area contributed by atoms with Crippen LogP contribution in [-0.4, -0.2) is 88.1 Å². The molecule has 2 saturated heterocycles. The van der Waals surface area contributed by atoms with Crippen LogP contribution in [0.1, 0.15) is 20.3 Å². The van der Waals surface area contributed by atoms with Gasteiger partial charge in [-0.05, 0) is 13.3 Å². The second-order valence-electron chi connectivity index (χ2n) is 5.69. The van der Waals surface area contributed by atoms with Crippen LogP contribution in [0.15, 0.2) is 0 Å². The first-order valence-electron chi connectivity index (χ1n) is 7.64. The molecule has 21 heavy (non-hydrogen) atoms. The second-order valence-corrected chi connectivity index (χ2v) is 6.84. The minimum absolute atomic E-state index is 0.105. The Morgan fingerprint density at radius 1 is 1.24 bits per heavy atom. The van der Waals surface area contributed by atoms with Gasteiger partial charge in [-0.25, -0.2) is 9.59 Å². The number of piperazine rings is 1. The molecule has 0 aromatic carbocycles. The van der Waals surface area contributed by atoms with Gasteiger partial charge in [-0.2, -0.15) is 11.8 Å². The largest absolute Gasteiger partial charge is 0.480 e. The first-order valence-corrected chi connectivity index (χ1v) is 8.80. The number of rotatable bonds is 3. The van der Waals surface area contributed by atoms with Gasteiger partial charge in [-0.1, -0.05) is 6.92 Å². The van der Waals surface area contributed by atoms with Crippen molar-refractivity contribution in [3.05, 3.63) is 0 Å². The molecule has 2 heterocycles. The van der Waals surface area contributed by atoms with Crippen LogP contribution >= 0.6 is 11.8 Å². The summed E-state index contributed by atoms with van der Waals surface area (Å²) in [6.07, 6.45) is 1.11. The van der Waals surface area contributed by atoms with Gasteiger partial charge in [-0.15, -0.1) is 0 Å². The zero-order chi connectivity index (χ0) is 15.4. The number of urea groups is 1. The summed E-state index contributed by atoms with van der Waals surface area (Å²) in [6.45, 7) is 8.05. The fraction of sp³-hybridized carbons (Fsp3) is 0.857. The smallest absolute Gasteiger partial charge is 0.327 e. The molecule has 2 atom stereocenters. The second kappa shape index (κ2) is 7.35. The van der Waals surface area contributed by atoms with Crippen LogP contribution in [0.3, 0.4) is 0 Å². The highest BCUT2D eigenvalue weighted by molar-refractivity contribution is 7.99. The third kappa shape index (κ3) is 3.83. The van der Waals surface area contributed by atoms with Gasteiger partial charge >= 0.3 is 12.0 Å². The van der Waals surface area contributed by atoms with E-state index in [1.807, 2.05) is 4.90 Å². The SMILES string of the molecule is CCC(C)N1CCN(C(=O)N2CCSCC2C(=O)O)CC1. The molecular formula is C14H25N3O3S. The number of carboxylic acid groups (broad SMARTS) is 1. The molecule has 7 heteroatoms. The van der Waals surface area contributed by atoms with Gasteiger partial charge in [0.05, 0.1) is 0 Å². The van der Waals surface area contributed by atoms with Crippen molar-refractivity contribution >= 4 is 23.8 Å². The van der Waals surface area contributed by atoms with Gasteiger partial charge in [0, 0.05) is 50.3 Å². The summed E-state index contributed by atoms with van der Waals surface area (Å²) in [5.74, 6) is 0.421. The van der Waals surface area contributed by atoms with Gasteiger partial charge in [-0.3, -0.25) is 4.90 Å². The molecule has 2 unspecified atom stereocenters. The molecule has 2 amide bonds. The molecule has 0 aliphatic carbocycles. The van der Waals surface area contributed by atoms with E-state index < -0.39 is 12.0 Å². The highest BCUT2D eigenvalue weighted by atomic mass is 32.2. The van der Waals surface area contributed by atoms with Crippen molar-refractivity contribution < 1.29 is 14.7 Å². The van der Waals surface area contributed by atoms with E-state index in [1.165, 1.54) is 4.90 Å². The van der Waals surface area contributed by atoms with E-state index >= 15 is 0 Å². The van der Waals surface area contributed by atoms with Crippen LogP contribution in [0.5, 0.6) is 0 Å². The molecule has 2 aliphatic rings. The van der Waals surface area contributed by atoms with Gasteiger partial charge in [0.15, 0.2) is 0 Å². The number of amides is 2. The Hall–Kier alpha value is -0.950. The van der Waals surface area contributed by atoms with Crippen molar-refractivity contribution in [2.24, 2.45) is 0 Å². The molecule has 2 fully saturated rings. The lowest BCUT2D eigenvalue weighted by atomic mass is 10.2. The Kier molecular flexibility index (Phi) is 5.75. The van der Waals surface area contributed by atoms with Crippen molar-refractivity contribution in [1.82, 2.24) is 14.7 Å². The summed E-state index contributed by atoms with van der Waals surface area (Å²) in [5, 5.41) is 9.27. The van der Waals surface area contributed by atoms with Crippen LogP contribution in [0.25, 0.3) is 0 Å². The quantitative estimate of drug-likeness (QED) is 0.842. The Labute approximate surface area is 130 Å². The predicted octanol–water partition coefficient (Wildman–Crippen LogP) is 1.02. The molecular weight excluding hydrogens is 290 g/mol. The fourth-order valence-electron chi connectivity index (χ4n) is 2.83. The van der Waals surface area contributed by atoms with Gasteiger partial charge < -0.3 is 14.9 Å². The summed E-state index contributed by atoms with van der Waals surface area (Å²) in [5.41, 5.74) is 0. The number of carboxylic acids is 1. The fourth-order valence-corrected chi connectivity index (χ4v) is 3.87. The van der Waals surface area contributed by atoms with E-state index in [0.717, 1.165) is 25.3 Å². The Bertz CT molecular complexity index is 386. The first kappa shape index (κ1) is 16.4. The number of nitrogens with zero attached hydrogens (tertiary/aromatic N) is 3. The number of hydrogen-bond donors (Lipinski definition) is 1. The molecule has 2 aliphatic heterocycles. The minimum Gasteiger partial charge on any atom is -0.480 e. The van der Waals surface area contributed by atoms with Crippen LogP contribution in [0.4, 0.5) is 4.79 Å². The lowest BCUT2D eigenvalue weighted by molar-refractivity contribution is -0.141. The van der Waals surface area contributed by atoms with E-state index in [0.29, 0.717) is 31.4 Å². The van der Waals surface area contributed by atoms with Gasteiger partial charge in [0.1, 0.15) is 6.04 Å². The lowest BCUT2D eigenvalue weighted by Crippen LogP contribution is -2.59. The zero-order valence-corrected chi connectivity index (χ0v) is 13.6. The third-order valence-corrected chi connectivity index (χ3v) is 5.48. The molecule has 0 aromatic rings. The predicted molar refractivity (Wildman–Crippen MR) is 83.7 cm³/mol. The van der Waals surface area contributed by atoms with E-state index in [2.05, 4.69) is 18.7 Å². The van der Waals surface area contributed by atoms with Crippen molar-refractivity contribution in [2.75, 3.05) is 44.2 Å². The van der Waals surface area contributed by atoms with Crippen LogP contribution in [0.2, 0.25) is 0 Å². The lowest BCUT2D eigenvalue weighted by Gasteiger charge is -2.41.